The molecule has 3 aromatic rings. The topological polar surface area (TPSA) is 96.3 Å². The Morgan fingerprint density at radius 2 is 2.19 bits per heavy atom. The van der Waals surface area contributed by atoms with E-state index in [1.807, 2.05) is 17.8 Å². The van der Waals surface area contributed by atoms with Crippen LogP contribution < -0.4 is 10.6 Å². The minimum absolute atomic E-state index is 0.591. The molecular formula is C13H18N8. The Morgan fingerprint density at radius 1 is 1.29 bits per heavy atom. The van der Waals surface area contributed by atoms with Crippen LogP contribution in [0.2, 0.25) is 0 Å². The summed E-state index contributed by atoms with van der Waals surface area (Å²) in [5, 5.41) is 14.3. The Balaban J connectivity index is 1.85. The van der Waals surface area contributed by atoms with Crippen LogP contribution in [-0.4, -0.2) is 36.3 Å². The van der Waals surface area contributed by atoms with Crippen molar-refractivity contribution in [1.82, 2.24) is 29.7 Å². The van der Waals surface area contributed by atoms with Crippen LogP contribution in [-0.2, 0) is 13.6 Å². The first-order chi connectivity index (χ1) is 10.3. The Morgan fingerprint density at radius 3 is 2.95 bits per heavy atom. The molecule has 0 fully saturated rings. The van der Waals surface area contributed by atoms with E-state index in [-0.39, 0.29) is 0 Å². The summed E-state index contributed by atoms with van der Waals surface area (Å²) in [6.07, 6.45) is 6.43. The highest BCUT2D eigenvalue weighted by atomic mass is 15.2. The quantitative estimate of drug-likeness (QED) is 0.636. The molecule has 21 heavy (non-hydrogen) atoms. The van der Waals surface area contributed by atoms with E-state index in [1.165, 1.54) is 0 Å². The molecule has 0 aliphatic rings. The third kappa shape index (κ3) is 2.78. The van der Waals surface area contributed by atoms with E-state index < -0.39 is 0 Å². The highest BCUT2D eigenvalue weighted by molar-refractivity contribution is 5.86. The van der Waals surface area contributed by atoms with Gasteiger partial charge in [-0.15, -0.1) is 0 Å². The van der Waals surface area contributed by atoms with Crippen molar-refractivity contribution in [2.45, 2.75) is 19.9 Å². The summed E-state index contributed by atoms with van der Waals surface area (Å²) in [5.74, 6) is 2.28. The first-order valence-electron chi connectivity index (χ1n) is 6.93. The molecule has 8 nitrogen and oxygen atoms in total. The molecule has 0 aliphatic carbocycles. The van der Waals surface area contributed by atoms with Crippen molar-refractivity contribution in [3.05, 3.63) is 24.4 Å². The molecular weight excluding hydrogens is 268 g/mol. The summed E-state index contributed by atoms with van der Waals surface area (Å²) >= 11 is 0. The van der Waals surface area contributed by atoms with Crippen molar-refractivity contribution in [2.75, 3.05) is 17.2 Å². The zero-order chi connectivity index (χ0) is 14.7. The smallest absolute Gasteiger partial charge is 0.226 e. The normalized spacial score (nSPS) is 11.0. The molecule has 0 spiro atoms. The van der Waals surface area contributed by atoms with E-state index in [2.05, 4.69) is 42.7 Å². The molecule has 0 bridgehead atoms. The second-order valence-electron chi connectivity index (χ2n) is 4.76. The van der Waals surface area contributed by atoms with E-state index in [4.69, 9.17) is 0 Å². The van der Waals surface area contributed by atoms with Crippen molar-refractivity contribution < 1.29 is 0 Å². The van der Waals surface area contributed by atoms with E-state index >= 15 is 0 Å². The van der Waals surface area contributed by atoms with Crippen molar-refractivity contribution in [1.29, 1.82) is 0 Å². The van der Waals surface area contributed by atoms with Crippen molar-refractivity contribution in [3.63, 3.8) is 0 Å². The number of nitrogens with zero attached hydrogens (tertiary/aromatic N) is 5. The lowest BCUT2D eigenvalue weighted by Gasteiger charge is -2.09. The first kappa shape index (κ1) is 13.3. The van der Waals surface area contributed by atoms with E-state index in [1.54, 1.807) is 12.4 Å². The predicted octanol–water partition coefficient (Wildman–Crippen LogP) is 1.52. The number of aryl methyl sites for hydroxylation is 1. The van der Waals surface area contributed by atoms with Gasteiger partial charge in [0.2, 0.25) is 5.95 Å². The van der Waals surface area contributed by atoms with Crippen LogP contribution in [0.4, 0.5) is 11.8 Å². The van der Waals surface area contributed by atoms with Gasteiger partial charge in [-0.1, -0.05) is 6.92 Å². The standard InChI is InChI=1S/C13H18N8/c1-3-4-15-13-18-11(9-7-17-20-12(9)19-13)16-8-10-14-5-6-21(10)2/h5-7H,3-4,8H2,1-2H3,(H3,15,16,17,18,19,20). The number of rotatable bonds is 6. The summed E-state index contributed by atoms with van der Waals surface area (Å²) in [6.45, 7) is 3.52. The fourth-order valence-electron chi connectivity index (χ4n) is 2.02. The number of H-pyrrole nitrogens is 1. The number of hydrogen-bond acceptors (Lipinski definition) is 6. The SMILES string of the molecule is CCCNc1nc(NCc2nccn2C)c2cn[nH]c2n1. The van der Waals surface area contributed by atoms with Gasteiger partial charge in [-0.2, -0.15) is 15.1 Å². The van der Waals surface area contributed by atoms with Crippen LogP contribution in [0.5, 0.6) is 0 Å². The van der Waals surface area contributed by atoms with Gasteiger partial charge in [0.05, 0.1) is 18.1 Å². The van der Waals surface area contributed by atoms with Gasteiger partial charge in [-0.05, 0) is 6.42 Å². The Hall–Kier alpha value is -2.64. The third-order valence-corrected chi connectivity index (χ3v) is 3.18. The molecule has 3 aromatic heterocycles. The summed E-state index contributed by atoms with van der Waals surface area (Å²) in [5.41, 5.74) is 0.714. The van der Waals surface area contributed by atoms with Gasteiger partial charge in [0.25, 0.3) is 0 Å². The molecule has 0 radical (unpaired) electrons. The number of nitrogens with one attached hydrogen (secondary N) is 3. The highest BCUT2D eigenvalue weighted by Crippen LogP contribution is 2.20. The Bertz CT molecular complexity index is 729. The fourth-order valence-corrected chi connectivity index (χ4v) is 2.02. The molecule has 8 heteroatoms. The van der Waals surface area contributed by atoms with Gasteiger partial charge in [0.1, 0.15) is 11.6 Å². The van der Waals surface area contributed by atoms with Crippen molar-refractivity contribution >= 4 is 22.8 Å². The lowest BCUT2D eigenvalue weighted by Crippen LogP contribution is -2.10. The number of aromatic amines is 1. The van der Waals surface area contributed by atoms with Crippen molar-refractivity contribution in [3.8, 4) is 0 Å². The van der Waals surface area contributed by atoms with Crippen LogP contribution >= 0.6 is 0 Å². The molecule has 3 N–H and O–H groups in total. The fraction of sp³-hybridized carbons (Fsp3) is 0.385. The summed E-state index contributed by atoms with van der Waals surface area (Å²) in [6, 6.07) is 0. The monoisotopic (exact) mass is 286 g/mol. The summed E-state index contributed by atoms with van der Waals surface area (Å²) in [7, 11) is 1.96. The van der Waals surface area contributed by atoms with Crippen molar-refractivity contribution in [2.24, 2.45) is 7.05 Å². The van der Waals surface area contributed by atoms with Gasteiger partial charge >= 0.3 is 0 Å². The predicted molar refractivity (Wildman–Crippen MR) is 81.0 cm³/mol. The van der Waals surface area contributed by atoms with Crippen LogP contribution in [0.25, 0.3) is 11.0 Å². The summed E-state index contributed by atoms with van der Waals surface area (Å²) in [4.78, 5) is 13.2. The van der Waals surface area contributed by atoms with Crippen LogP contribution in [0.3, 0.4) is 0 Å². The van der Waals surface area contributed by atoms with Crippen LogP contribution in [0.1, 0.15) is 19.2 Å². The maximum absolute atomic E-state index is 4.51. The lowest BCUT2D eigenvalue weighted by atomic mass is 10.4. The Kier molecular flexibility index (Phi) is 3.67. The second kappa shape index (κ2) is 5.78. The molecule has 0 saturated heterocycles. The van der Waals surface area contributed by atoms with Crippen LogP contribution in [0.15, 0.2) is 18.6 Å². The number of hydrogen-bond donors (Lipinski definition) is 3. The maximum Gasteiger partial charge on any atom is 0.226 e. The average molecular weight is 286 g/mol. The molecule has 0 aromatic carbocycles. The summed E-state index contributed by atoms with van der Waals surface area (Å²) < 4.78 is 1.97. The number of aromatic nitrogens is 6. The molecule has 0 unspecified atom stereocenters. The molecule has 3 heterocycles. The van der Waals surface area contributed by atoms with Gasteiger partial charge in [-0.3, -0.25) is 5.10 Å². The van der Waals surface area contributed by atoms with Gasteiger partial charge in [0.15, 0.2) is 5.65 Å². The van der Waals surface area contributed by atoms with E-state index in [0.717, 1.165) is 30.0 Å². The highest BCUT2D eigenvalue weighted by Gasteiger charge is 2.10. The maximum atomic E-state index is 4.51. The zero-order valence-electron chi connectivity index (χ0n) is 12.1. The van der Waals surface area contributed by atoms with E-state index in [0.29, 0.717) is 18.1 Å². The number of fused-ring (bicyclic) bond motifs is 1. The molecule has 3 rings (SSSR count). The third-order valence-electron chi connectivity index (χ3n) is 3.18. The van der Waals surface area contributed by atoms with Gasteiger partial charge in [0, 0.05) is 26.0 Å². The lowest BCUT2D eigenvalue weighted by molar-refractivity contribution is 0.811. The molecule has 110 valence electrons. The Labute approximate surface area is 122 Å². The number of imidazole rings is 1. The van der Waals surface area contributed by atoms with Crippen LogP contribution in [0, 0.1) is 0 Å². The average Bonchev–Trinajstić information content (AvgIpc) is 3.11. The largest absolute Gasteiger partial charge is 0.362 e. The van der Waals surface area contributed by atoms with Gasteiger partial charge in [-0.25, -0.2) is 4.98 Å². The minimum Gasteiger partial charge on any atom is -0.362 e. The molecule has 0 atom stereocenters. The van der Waals surface area contributed by atoms with Gasteiger partial charge < -0.3 is 15.2 Å². The molecule has 0 amide bonds. The second-order valence-corrected chi connectivity index (χ2v) is 4.76. The molecule has 0 aliphatic heterocycles. The zero-order valence-corrected chi connectivity index (χ0v) is 12.1. The first-order valence-corrected chi connectivity index (χ1v) is 6.93. The van der Waals surface area contributed by atoms with E-state index in [9.17, 15) is 0 Å². The number of anilines is 2. The molecule has 0 saturated carbocycles. The minimum atomic E-state index is 0.591.